The lowest BCUT2D eigenvalue weighted by molar-refractivity contribution is -0.116. The number of aryl methyl sites for hydroxylation is 1. The molecule has 1 aliphatic rings. The number of hydrogen-bond donors (Lipinski definition) is 0. The number of amides is 1. The van der Waals surface area contributed by atoms with Crippen LogP contribution in [0.25, 0.3) is 0 Å². The Morgan fingerprint density at radius 3 is 2.80 bits per heavy atom. The summed E-state index contributed by atoms with van der Waals surface area (Å²) in [5.74, 6) is 0.140. The van der Waals surface area contributed by atoms with Gasteiger partial charge in [-0.2, -0.15) is 0 Å². The third-order valence-electron chi connectivity index (χ3n) is 2.94. The SMILES string of the molecule is Cc1ccncc1N1C(=O)CN(C)C1C. The first-order valence-corrected chi connectivity index (χ1v) is 5.04. The van der Waals surface area contributed by atoms with Gasteiger partial charge < -0.3 is 0 Å². The van der Waals surface area contributed by atoms with Crippen LogP contribution < -0.4 is 4.90 Å². The van der Waals surface area contributed by atoms with Crippen molar-refractivity contribution in [2.45, 2.75) is 20.0 Å². The van der Waals surface area contributed by atoms with Crippen LogP contribution in [0, 0.1) is 6.92 Å². The number of nitrogens with zero attached hydrogens (tertiary/aromatic N) is 3. The van der Waals surface area contributed by atoms with Gasteiger partial charge in [-0.05, 0) is 32.5 Å². The summed E-state index contributed by atoms with van der Waals surface area (Å²) in [5.41, 5.74) is 2.00. The molecule has 1 fully saturated rings. The van der Waals surface area contributed by atoms with Gasteiger partial charge in [0.2, 0.25) is 5.91 Å². The summed E-state index contributed by atoms with van der Waals surface area (Å²) in [4.78, 5) is 19.7. The fourth-order valence-corrected chi connectivity index (χ4v) is 1.87. The Hall–Kier alpha value is -1.42. The molecule has 0 aliphatic carbocycles. The minimum Gasteiger partial charge on any atom is -0.294 e. The van der Waals surface area contributed by atoms with Gasteiger partial charge in [0.1, 0.15) is 0 Å². The highest BCUT2D eigenvalue weighted by Gasteiger charge is 2.33. The maximum Gasteiger partial charge on any atom is 0.242 e. The van der Waals surface area contributed by atoms with Crippen LogP contribution in [-0.4, -0.2) is 35.5 Å². The highest BCUT2D eigenvalue weighted by atomic mass is 16.2. The van der Waals surface area contributed by atoms with E-state index in [9.17, 15) is 4.79 Å². The summed E-state index contributed by atoms with van der Waals surface area (Å²) in [6.07, 6.45) is 3.61. The second kappa shape index (κ2) is 3.62. The van der Waals surface area contributed by atoms with Crippen LogP contribution in [-0.2, 0) is 4.79 Å². The van der Waals surface area contributed by atoms with Gasteiger partial charge in [-0.1, -0.05) is 0 Å². The van der Waals surface area contributed by atoms with Crippen LogP contribution >= 0.6 is 0 Å². The highest BCUT2D eigenvalue weighted by Crippen LogP contribution is 2.25. The Morgan fingerprint density at radius 2 is 2.27 bits per heavy atom. The first kappa shape index (κ1) is 10.1. The smallest absolute Gasteiger partial charge is 0.242 e. The average molecular weight is 205 g/mol. The van der Waals surface area contributed by atoms with Gasteiger partial charge in [0, 0.05) is 6.20 Å². The van der Waals surface area contributed by atoms with Crippen molar-refractivity contribution in [3.8, 4) is 0 Å². The molecule has 1 aliphatic heterocycles. The van der Waals surface area contributed by atoms with E-state index in [0.29, 0.717) is 6.54 Å². The number of anilines is 1. The van der Waals surface area contributed by atoms with Gasteiger partial charge in [-0.25, -0.2) is 0 Å². The van der Waals surface area contributed by atoms with Crippen molar-refractivity contribution < 1.29 is 4.79 Å². The Kier molecular flexibility index (Phi) is 2.44. The lowest BCUT2D eigenvalue weighted by Gasteiger charge is -2.25. The Bertz CT molecular complexity index is 391. The molecule has 0 bridgehead atoms. The van der Waals surface area contributed by atoms with Crippen LogP contribution in [0.5, 0.6) is 0 Å². The first-order valence-electron chi connectivity index (χ1n) is 5.04. The van der Waals surface area contributed by atoms with Crippen LogP contribution in [0.1, 0.15) is 12.5 Å². The van der Waals surface area contributed by atoms with E-state index in [1.165, 1.54) is 0 Å². The zero-order valence-corrected chi connectivity index (χ0v) is 9.27. The molecule has 1 saturated heterocycles. The molecule has 1 aromatic heterocycles. The van der Waals surface area contributed by atoms with Crippen LogP contribution in [0.2, 0.25) is 0 Å². The maximum absolute atomic E-state index is 11.8. The van der Waals surface area contributed by atoms with E-state index in [2.05, 4.69) is 4.98 Å². The molecule has 0 spiro atoms. The summed E-state index contributed by atoms with van der Waals surface area (Å²) in [7, 11) is 1.95. The van der Waals surface area contributed by atoms with E-state index in [-0.39, 0.29) is 12.1 Å². The summed E-state index contributed by atoms with van der Waals surface area (Å²) in [6.45, 7) is 4.50. The second-order valence-electron chi connectivity index (χ2n) is 3.97. The molecule has 1 unspecified atom stereocenters. The van der Waals surface area contributed by atoms with Gasteiger partial charge in [0.05, 0.1) is 24.6 Å². The topological polar surface area (TPSA) is 36.4 Å². The van der Waals surface area contributed by atoms with Gasteiger partial charge in [-0.15, -0.1) is 0 Å². The molecule has 0 N–H and O–H groups in total. The molecule has 15 heavy (non-hydrogen) atoms. The molecule has 2 heterocycles. The molecule has 80 valence electrons. The van der Waals surface area contributed by atoms with E-state index >= 15 is 0 Å². The fraction of sp³-hybridized carbons (Fsp3) is 0.455. The normalized spacial score (nSPS) is 22.5. The third kappa shape index (κ3) is 1.61. The van der Waals surface area contributed by atoms with Crippen LogP contribution in [0.15, 0.2) is 18.5 Å². The predicted octanol–water partition coefficient (Wildman–Crippen LogP) is 1.01. The van der Waals surface area contributed by atoms with E-state index in [1.54, 1.807) is 12.4 Å². The van der Waals surface area contributed by atoms with Gasteiger partial charge in [-0.3, -0.25) is 19.6 Å². The number of hydrogen-bond acceptors (Lipinski definition) is 3. The van der Waals surface area contributed by atoms with E-state index in [1.807, 2.05) is 36.8 Å². The van der Waals surface area contributed by atoms with Gasteiger partial charge >= 0.3 is 0 Å². The number of rotatable bonds is 1. The molecule has 1 atom stereocenters. The lowest BCUT2D eigenvalue weighted by atomic mass is 10.2. The Balaban J connectivity index is 2.39. The predicted molar refractivity (Wildman–Crippen MR) is 58.6 cm³/mol. The Morgan fingerprint density at radius 1 is 1.53 bits per heavy atom. The number of aromatic nitrogens is 1. The largest absolute Gasteiger partial charge is 0.294 e. The highest BCUT2D eigenvalue weighted by molar-refractivity contribution is 5.97. The van der Waals surface area contributed by atoms with Crippen molar-refractivity contribution in [3.05, 3.63) is 24.0 Å². The summed E-state index contributed by atoms with van der Waals surface area (Å²) in [6, 6.07) is 1.92. The Labute approximate surface area is 89.5 Å². The van der Waals surface area contributed by atoms with E-state index < -0.39 is 0 Å². The molecular formula is C11H15N3O. The quantitative estimate of drug-likeness (QED) is 0.686. The summed E-state index contributed by atoms with van der Waals surface area (Å²) < 4.78 is 0. The van der Waals surface area contributed by atoms with Crippen molar-refractivity contribution in [2.75, 3.05) is 18.5 Å². The fourth-order valence-electron chi connectivity index (χ4n) is 1.87. The molecule has 0 radical (unpaired) electrons. The molecule has 0 saturated carbocycles. The number of carbonyl (C=O) groups excluding carboxylic acids is 1. The molecule has 1 aromatic rings. The second-order valence-corrected chi connectivity index (χ2v) is 3.97. The molecule has 2 rings (SSSR count). The molecule has 1 amide bonds. The van der Waals surface area contributed by atoms with Crippen molar-refractivity contribution in [2.24, 2.45) is 0 Å². The van der Waals surface area contributed by atoms with E-state index in [4.69, 9.17) is 0 Å². The van der Waals surface area contributed by atoms with Gasteiger partial charge in [0.15, 0.2) is 0 Å². The first-order chi connectivity index (χ1) is 7.11. The summed E-state index contributed by atoms with van der Waals surface area (Å²) >= 11 is 0. The number of carbonyl (C=O) groups is 1. The summed E-state index contributed by atoms with van der Waals surface area (Å²) in [5, 5.41) is 0. The van der Waals surface area contributed by atoms with E-state index in [0.717, 1.165) is 11.3 Å². The minimum absolute atomic E-state index is 0.111. The lowest BCUT2D eigenvalue weighted by Crippen LogP contribution is -2.36. The standard InChI is InChI=1S/C11H15N3O/c1-8-4-5-12-6-10(8)14-9(2)13(3)7-11(14)15/h4-6,9H,7H2,1-3H3. The van der Waals surface area contributed by atoms with Crippen molar-refractivity contribution in [1.82, 2.24) is 9.88 Å². The van der Waals surface area contributed by atoms with Crippen molar-refractivity contribution in [1.29, 1.82) is 0 Å². The molecular weight excluding hydrogens is 190 g/mol. The maximum atomic E-state index is 11.8. The molecule has 4 heteroatoms. The van der Waals surface area contributed by atoms with Crippen LogP contribution in [0.4, 0.5) is 5.69 Å². The minimum atomic E-state index is 0.111. The third-order valence-corrected chi connectivity index (χ3v) is 2.94. The van der Waals surface area contributed by atoms with Crippen molar-refractivity contribution in [3.63, 3.8) is 0 Å². The zero-order chi connectivity index (χ0) is 11.0. The van der Waals surface area contributed by atoms with Crippen molar-refractivity contribution >= 4 is 11.6 Å². The molecule has 4 nitrogen and oxygen atoms in total. The number of likely N-dealkylation sites (N-methyl/N-ethyl adjacent to an activating group) is 1. The zero-order valence-electron chi connectivity index (χ0n) is 9.27. The van der Waals surface area contributed by atoms with Crippen LogP contribution in [0.3, 0.4) is 0 Å². The monoisotopic (exact) mass is 205 g/mol. The van der Waals surface area contributed by atoms with Gasteiger partial charge in [0.25, 0.3) is 0 Å². The molecule has 0 aromatic carbocycles. The number of pyridine rings is 1. The average Bonchev–Trinajstić information content (AvgIpc) is 2.43.